The highest BCUT2D eigenvalue weighted by atomic mass is 35.5. The topological polar surface area (TPSA) is 75.4 Å². The summed E-state index contributed by atoms with van der Waals surface area (Å²) in [7, 11) is 0.134. The van der Waals surface area contributed by atoms with E-state index in [0.29, 0.717) is 17.5 Å². The second-order valence-corrected chi connectivity index (χ2v) is 8.01. The molecule has 0 spiro atoms. The Kier molecular flexibility index (Phi) is 6.46. The summed E-state index contributed by atoms with van der Waals surface area (Å²) in [5, 5.41) is 0.345. The molecule has 0 saturated carbocycles. The third-order valence-corrected chi connectivity index (χ3v) is 4.74. The molecule has 3 N–H and O–H groups in total. The summed E-state index contributed by atoms with van der Waals surface area (Å²) in [5.74, 6) is 0.384. The molecule has 0 aromatic heterocycles. The van der Waals surface area contributed by atoms with E-state index < -0.39 is 10.0 Å². The Balaban J connectivity index is 3.02. The lowest BCUT2D eigenvalue weighted by atomic mass is 10.0. The molecule has 0 aliphatic heterocycles. The quantitative estimate of drug-likeness (QED) is 0.750. The maximum atomic E-state index is 12.5. The first-order valence-corrected chi connectivity index (χ1v) is 8.70. The summed E-state index contributed by atoms with van der Waals surface area (Å²) in [6.45, 7) is 4.74. The minimum Gasteiger partial charge on any atom is -0.398 e. The van der Waals surface area contributed by atoms with E-state index in [-0.39, 0.29) is 16.6 Å². The van der Waals surface area contributed by atoms with Crippen LogP contribution in [-0.2, 0) is 10.0 Å². The van der Waals surface area contributed by atoms with Gasteiger partial charge in [0, 0.05) is 17.6 Å². The van der Waals surface area contributed by atoms with Gasteiger partial charge in [-0.25, -0.2) is 13.1 Å². The molecule has 0 aliphatic rings. The van der Waals surface area contributed by atoms with Crippen LogP contribution in [0.15, 0.2) is 23.1 Å². The maximum Gasteiger partial charge on any atom is 0.242 e. The predicted molar refractivity (Wildman–Crippen MR) is 88.0 cm³/mol. The van der Waals surface area contributed by atoms with Gasteiger partial charge in [-0.05, 0) is 44.6 Å². The number of nitrogen functional groups attached to an aromatic ring is 1. The minimum absolute atomic E-state index is 0.0301. The molecule has 0 amide bonds. The van der Waals surface area contributed by atoms with Crippen molar-refractivity contribution in [3.8, 4) is 0 Å². The zero-order valence-electron chi connectivity index (χ0n) is 12.9. The number of nitrogens with one attached hydrogen (secondary N) is 1. The molecule has 0 fully saturated rings. The Morgan fingerprint density at radius 3 is 2.48 bits per heavy atom. The number of rotatable bonds is 7. The summed E-state index contributed by atoms with van der Waals surface area (Å²) in [4.78, 5) is 1.99. The van der Waals surface area contributed by atoms with Gasteiger partial charge in [-0.3, -0.25) is 0 Å². The molecule has 1 aromatic rings. The first kappa shape index (κ1) is 18.2. The molecule has 1 aromatic carbocycles. The molecule has 0 aliphatic carbocycles. The number of nitrogens with two attached hydrogens (primary N) is 1. The van der Waals surface area contributed by atoms with E-state index in [0.717, 1.165) is 6.42 Å². The lowest BCUT2D eigenvalue weighted by molar-refractivity contribution is 0.329. The first-order valence-electron chi connectivity index (χ1n) is 6.84. The molecule has 120 valence electrons. The zero-order valence-corrected chi connectivity index (χ0v) is 14.5. The average Bonchev–Trinajstić information content (AvgIpc) is 2.29. The molecule has 1 rings (SSSR count). The summed E-state index contributed by atoms with van der Waals surface area (Å²) in [6.07, 6.45) is 0.748. The molecule has 0 saturated heterocycles. The van der Waals surface area contributed by atoms with Crippen molar-refractivity contribution in [1.29, 1.82) is 0 Å². The third-order valence-electron chi connectivity index (χ3n) is 2.93. The standard InChI is InChI=1S/C14H24ClN3O2S/c1-10(2)7-12(9-18(3)4)17-21(19,20)14-8-11(15)5-6-13(14)16/h5-6,8,10,12,17H,7,9,16H2,1-4H3. The molecule has 0 heterocycles. The predicted octanol–water partition coefficient (Wildman–Crippen LogP) is 2.18. The number of hydrogen-bond donors (Lipinski definition) is 2. The normalized spacial score (nSPS) is 13.9. The summed E-state index contributed by atoms with van der Waals surface area (Å²) in [5.41, 5.74) is 5.96. The van der Waals surface area contributed by atoms with Gasteiger partial charge in [0.05, 0.1) is 5.69 Å². The Hall–Kier alpha value is -0.820. The van der Waals surface area contributed by atoms with E-state index in [1.54, 1.807) is 6.07 Å². The molecule has 0 radical (unpaired) electrons. The van der Waals surface area contributed by atoms with Crippen LogP contribution in [0.1, 0.15) is 20.3 Å². The molecule has 5 nitrogen and oxygen atoms in total. The van der Waals surface area contributed by atoms with Gasteiger partial charge < -0.3 is 10.6 Å². The van der Waals surface area contributed by atoms with Crippen molar-refractivity contribution in [3.05, 3.63) is 23.2 Å². The van der Waals surface area contributed by atoms with Crippen LogP contribution in [0.2, 0.25) is 5.02 Å². The Morgan fingerprint density at radius 1 is 1.33 bits per heavy atom. The number of hydrogen-bond acceptors (Lipinski definition) is 4. The number of benzene rings is 1. The van der Waals surface area contributed by atoms with E-state index in [2.05, 4.69) is 18.6 Å². The monoisotopic (exact) mass is 333 g/mol. The Labute approximate surface area is 132 Å². The maximum absolute atomic E-state index is 12.5. The van der Waals surface area contributed by atoms with Crippen LogP contribution in [0.25, 0.3) is 0 Å². The fourth-order valence-electron chi connectivity index (χ4n) is 2.19. The summed E-state index contributed by atoms with van der Waals surface area (Å²) in [6, 6.07) is 4.27. The second-order valence-electron chi connectivity index (χ2n) is 5.89. The molecule has 0 bridgehead atoms. The molecular formula is C14H24ClN3O2S. The van der Waals surface area contributed by atoms with Crippen molar-refractivity contribution >= 4 is 27.3 Å². The molecule has 1 unspecified atom stereocenters. The van der Waals surface area contributed by atoms with E-state index in [1.165, 1.54) is 12.1 Å². The Bertz CT molecular complexity index is 564. The third kappa shape index (κ3) is 5.82. The number of halogens is 1. The number of likely N-dealkylation sites (N-methyl/N-ethyl adjacent to an activating group) is 1. The first-order chi connectivity index (χ1) is 9.61. The summed E-state index contributed by atoms with van der Waals surface area (Å²) >= 11 is 5.87. The van der Waals surface area contributed by atoms with Gasteiger partial charge in [-0.2, -0.15) is 0 Å². The number of sulfonamides is 1. The van der Waals surface area contributed by atoms with E-state index >= 15 is 0 Å². The number of nitrogens with zero attached hydrogens (tertiary/aromatic N) is 1. The fourth-order valence-corrected chi connectivity index (χ4v) is 3.83. The SMILES string of the molecule is CC(C)CC(CN(C)C)NS(=O)(=O)c1cc(Cl)ccc1N. The van der Waals surface area contributed by atoms with Crippen LogP contribution < -0.4 is 10.5 Å². The van der Waals surface area contributed by atoms with Crippen LogP contribution in [0.3, 0.4) is 0 Å². The van der Waals surface area contributed by atoms with Crippen LogP contribution in [0, 0.1) is 5.92 Å². The highest BCUT2D eigenvalue weighted by Gasteiger charge is 2.23. The van der Waals surface area contributed by atoms with Gasteiger partial charge in [0.15, 0.2) is 0 Å². The van der Waals surface area contributed by atoms with Crippen LogP contribution in [-0.4, -0.2) is 40.0 Å². The van der Waals surface area contributed by atoms with Gasteiger partial charge in [-0.1, -0.05) is 25.4 Å². The van der Waals surface area contributed by atoms with E-state index in [9.17, 15) is 8.42 Å². The molecule has 7 heteroatoms. The smallest absolute Gasteiger partial charge is 0.242 e. The van der Waals surface area contributed by atoms with Gasteiger partial charge in [0.1, 0.15) is 4.90 Å². The second kappa shape index (κ2) is 7.45. The number of anilines is 1. The Morgan fingerprint density at radius 2 is 1.95 bits per heavy atom. The molecular weight excluding hydrogens is 310 g/mol. The van der Waals surface area contributed by atoms with Crippen LogP contribution >= 0.6 is 11.6 Å². The van der Waals surface area contributed by atoms with Gasteiger partial charge in [0.2, 0.25) is 10.0 Å². The van der Waals surface area contributed by atoms with Crippen molar-refractivity contribution in [2.45, 2.75) is 31.2 Å². The van der Waals surface area contributed by atoms with E-state index in [4.69, 9.17) is 17.3 Å². The van der Waals surface area contributed by atoms with Gasteiger partial charge in [-0.15, -0.1) is 0 Å². The highest BCUT2D eigenvalue weighted by Crippen LogP contribution is 2.23. The van der Waals surface area contributed by atoms with Crippen molar-refractivity contribution in [3.63, 3.8) is 0 Å². The molecule has 1 atom stereocenters. The average molecular weight is 334 g/mol. The lowest BCUT2D eigenvalue weighted by Crippen LogP contribution is -2.42. The van der Waals surface area contributed by atoms with Crippen LogP contribution in [0.5, 0.6) is 0 Å². The minimum atomic E-state index is -3.69. The van der Waals surface area contributed by atoms with Crippen molar-refractivity contribution in [1.82, 2.24) is 9.62 Å². The van der Waals surface area contributed by atoms with Gasteiger partial charge in [0.25, 0.3) is 0 Å². The zero-order chi connectivity index (χ0) is 16.2. The fraction of sp³-hybridized carbons (Fsp3) is 0.571. The van der Waals surface area contributed by atoms with Crippen LogP contribution in [0.4, 0.5) is 5.69 Å². The largest absolute Gasteiger partial charge is 0.398 e. The molecule has 21 heavy (non-hydrogen) atoms. The highest BCUT2D eigenvalue weighted by molar-refractivity contribution is 7.89. The van der Waals surface area contributed by atoms with E-state index in [1.807, 2.05) is 19.0 Å². The lowest BCUT2D eigenvalue weighted by Gasteiger charge is -2.24. The van der Waals surface area contributed by atoms with Crippen molar-refractivity contribution < 1.29 is 8.42 Å². The summed E-state index contributed by atoms with van der Waals surface area (Å²) < 4.78 is 27.8. The van der Waals surface area contributed by atoms with Crippen molar-refractivity contribution in [2.24, 2.45) is 5.92 Å². The van der Waals surface area contributed by atoms with Gasteiger partial charge >= 0.3 is 0 Å². The van der Waals surface area contributed by atoms with Crippen molar-refractivity contribution in [2.75, 3.05) is 26.4 Å².